The molecule has 0 heterocycles. The third kappa shape index (κ3) is 6.28. The number of esters is 1. The molecule has 0 spiro atoms. The third-order valence-corrected chi connectivity index (χ3v) is 1.79. The van der Waals surface area contributed by atoms with Crippen LogP contribution in [0.25, 0.3) is 0 Å². The fourth-order valence-corrected chi connectivity index (χ4v) is 0.863. The Kier molecular flexibility index (Phi) is 6.53. The standard InChI is InChI=1S/C9H19N3O2/c1-3-4-5-6-14-8(13)7-12(2)9(10)11/h3-7H2,1-2H3,(H3,10,11). The van der Waals surface area contributed by atoms with Gasteiger partial charge in [0, 0.05) is 7.05 Å². The van der Waals surface area contributed by atoms with E-state index in [4.69, 9.17) is 15.9 Å². The highest BCUT2D eigenvalue weighted by Crippen LogP contribution is 1.94. The molecule has 0 fully saturated rings. The molecular weight excluding hydrogens is 182 g/mol. The lowest BCUT2D eigenvalue weighted by Crippen LogP contribution is -2.37. The molecule has 3 N–H and O–H groups in total. The molecule has 0 saturated carbocycles. The number of rotatable bonds is 6. The van der Waals surface area contributed by atoms with Gasteiger partial charge in [-0.2, -0.15) is 0 Å². The summed E-state index contributed by atoms with van der Waals surface area (Å²) in [5.41, 5.74) is 5.16. The molecule has 0 aromatic rings. The highest BCUT2D eigenvalue weighted by molar-refractivity contribution is 5.80. The molecule has 0 aliphatic rings. The van der Waals surface area contributed by atoms with Crippen molar-refractivity contribution in [2.75, 3.05) is 20.2 Å². The summed E-state index contributed by atoms with van der Waals surface area (Å²) in [4.78, 5) is 12.4. The minimum atomic E-state index is -0.334. The van der Waals surface area contributed by atoms with Gasteiger partial charge in [-0.3, -0.25) is 10.2 Å². The molecule has 0 aromatic heterocycles. The Morgan fingerprint density at radius 2 is 2.14 bits per heavy atom. The average molecular weight is 201 g/mol. The van der Waals surface area contributed by atoms with E-state index in [2.05, 4.69) is 6.92 Å². The monoisotopic (exact) mass is 201 g/mol. The molecule has 0 rings (SSSR count). The minimum absolute atomic E-state index is 0.0431. The second-order valence-corrected chi connectivity index (χ2v) is 3.17. The van der Waals surface area contributed by atoms with E-state index in [1.807, 2.05) is 0 Å². The van der Waals surface area contributed by atoms with Crippen molar-refractivity contribution in [1.29, 1.82) is 5.41 Å². The smallest absolute Gasteiger partial charge is 0.325 e. The second-order valence-electron chi connectivity index (χ2n) is 3.17. The van der Waals surface area contributed by atoms with Gasteiger partial charge in [0.1, 0.15) is 6.54 Å². The second kappa shape index (κ2) is 7.17. The molecule has 0 atom stereocenters. The van der Waals surface area contributed by atoms with Gasteiger partial charge < -0.3 is 15.4 Å². The van der Waals surface area contributed by atoms with Crippen molar-refractivity contribution in [1.82, 2.24) is 4.90 Å². The van der Waals surface area contributed by atoms with E-state index in [0.29, 0.717) is 6.61 Å². The summed E-state index contributed by atoms with van der Waals surface area (Å²) in [6.45, 7) is 2.59. The van der Waals surface area contributed by atoms with Gasteiger partial charge in [-0.25, -0.2) is 0 Å². The number of nitrogens with two attached hydrogens (primary N) is 1. The van der Waals surface area contributed by atoms with Crippen LogP contribution in [0.15, 0.2) is 0 Å². The number of carbonyl (C=O) groups is 1. The minimum Gasteiger partial charge on any atom is -0.464 e. The highest BCUT2D eigenvalue weighted by atomic mass is 16.5. The van der Waals surface area contributed by atoms with E-state index in [1.54, 1.807) is 7.05 Å². The fourth-order valence-electron chi connectivity index (χ4n) is 0.863. The molecule has 0 amide bonds. The zero-order valence-electron chi connectivity index (χ0n) is 8.88. The summed E-state index contributed by atoms with van der Waals surface area (Å²) >= 11 is 0. The molecule has 0 radical (unpaired) electrons. The first kappa shape index (κ1) is 12.7. The van der Waals surface area contributed by atoms with Gasteiger partial charge in [0.2, 0.25) is 0 Å². The lowest BCUT2D eigenvalue weighted by molar-refractivity contribution is -0.143. The number of unbranched alkanes of at least 4 members (excludes halogenated alkanes) is 2. The predicted octanol–water partition coefficient (Wildman–Crippen LogP) is 0.545. The Morgan fingerprint density at radius 3 is 2.64 bits per heavy atom. The van der Waals surface area contributed by atoms with Gasteiger partial charge in [-0.15, -0.1) is 0 Å². The van der Waals surface area contributed by atoms with Crippen molar-refractivity contribution in [3.05, 3.63) is 0 Å². The lowest BCUT2D eigenvalue weighted by atomic mass is 10.3. The molecule has 5 heteroatoms. The largest absolute Gasteiger partial charge is 0.464 e. The first-order valence-electron chi connectivity index (χ1n) is 4.78. The summed E-state index contributed by atoms with van der Waals surface area (Å²) in [6, 6.07) is 0. The Hall–Kier alpha value is -1.26. The van der Waals surface area contributed by atoms with Crippen LogP contribution in [0.5, 0.6) is 0 Å². The van der Waals surface area contributed by atoms with E-state index in [-0.39, 0.29) is 18.5 Å². The van der Waals surface area contributed by atoms with Gasteiger partial charge in [0.05, 0.1) is 6.61 Å². The number of hydrogen-bond acceptors (Lipinski definition) is 3. The van der Waals surface area contributed by atoms with E-state index in [9.17, 15) is 4.79 Å². The van der Waals surface area contributed by atoms with Crippen LogP contribution in [0.4, 0.5) is 0 Å². The number of nitrogens with zero attached hydrogens (tertiary/aromatic N) is 1. The molecule has 0 aromatic carbocycles. The molecule has 5 nitrogen and oxygen atoms in total. The van der Waals surface area contributed by atoms with Gasteiger partial charge in [-0.05, 0) is 6.42 Å². The summed E-state index contributed by atoms with van der Waals surface area (Å²) in [7, 11) is 1.58. The van der Waals surface area contributed by atoms with Crippen molar-refractivity contribution < 1.29 is 9.53 Å². The quantitative estimate of drug-likeness (QED) is 0.284. The van der Waals surface area contributed by atoms with Gasteiger partial charge >= 0.3 is 5.97 Å². The normalized spacial score (nSPS) is 9.57. The molecular formula is C9H19N3O2. The van der Waals surface area contributed by atoms with Crippen molar-refractivity contribution in [2.24, 2.45) is 5.73 Å². The van der Waals surface area contributed by atoms with Crippen LogP contribution in [0.1, 0.15) is 26.2 Å². The van der Waals surface area contributed by atoms with Gasteiger partial charge in [-0.1, -0.05) is 19.8 Å². The van der Waals surface area contributed by atoms with Crippen LogP contribution >= 0.6 is 0 Å². The number of hydrogen-bond donors (Lipinski definition) is 2. The Balaban J connectivity index is 3.50. The van der Waals surface area contributed by atoms with E-state index in [0.717, 1.165) is 19.3 Å². The maximum absolute atomic E-state index is 11.1. The summed E-state index contributed by atoms with van der Waals surface area (Å²) < 4.78 is 4.93. The SMILES string of the molecule is CCCCCOC(=O)CN(C)C(=N)N. The van der Waals surface area contributed by atoms with E-state index >= 15 is 0 Å². The van der Waals surface area contributed by atoms with Crippen LogP contribution in [0, 0.1) is 5.41 Å². The van der Waals surface area contributed by atoms with E-state index < -0.39 is 0 Å². The van der Waals surface area contributed by atoms with Crippen LogP contribution < -0.4 is 5.73 Å². The average Bonchev–Trinajstić information content (AvgIpc) is 2.12. The summed E-state index contributed by atoms with van der Waals surface area (Å²) in [6.07, 6.45) is 3.06. The molecule has 0 saturated heterocycles. The number of nitrogens with one attached hydrogen (secondary N) is 1. The summed E-state index contributed by atoms with van der Waals surface area (Å²) in [5, 5.41) is 7.03. The van der Waals surface area contributed by atoms with Gasteiger partial charge in [0.25, 0.3) is 0 Å². The Labute approximate surface area is 84.7 Å². The van der Waals surface area contributed by atoms with Crippen molar-refractivity contribution in [3.8, 4) is 0 Å². The topological polar surface area (TPSA) is 79.4 Å². The van der Waals surface area contributed by atoms with Gasteiger partial charge in [0.15, 0.2) is 5.96 Å². The van der Waals surface area contributed by atoms with Crippen molar-refractivity contribution in [3.63, 3.8) is 0 Å². The third-order valence-electron chi connectivity index (χ3n) is 1.79. The molecule has 14 heavy (non-hydrogen) atoms. The van der Waals surface area contributed by atoms with Crippen LogP contribution in [-0.2, 0) is 9.53 Å². The molecule has 0 aliphatic heterocycles. The van der Waals surface area contributed by atoms with Crippen LogP contribution in [0.3, 0.4) is 0 Å². The fraction of sp³-hybridized carbons (Fsp3) is 0.778. The maximum Gasteiger partial charge on any atom is 0.325 e. The number of ether oxygens (including phenoxy) is 1. The van der Waals surface area contributed by atoms with Crippen LogP contribution in [-0.4, -0.2) is 37.0 Å². The zero-order chi connectivity index (χ0) is 11.0. The molecule has 82 valence electrons. The van der Waals surface area contributed by atoms with E-state index in [1.165, 1.54) is 4.90 Å². The number of guanidine groups is 1. The van der Waals surface area contributed by atoms with Crippen LogP contribution in [0.2, 0.25) is 0 Å². The molecule has 0 unspecified atom stereocenters. The first-order valence-corrected chi connectivity index (χ1v) is 4.78. The van der Waals surface area contributed by atoms with Crippen molar-refractivity contribution in [2.45, 2.75) is 26.2 Å². The summed E-state index contributed by atoms with van der Waals surface area (Å²) in [5.74, 6) is -0.464. The predicted molar refractivity (Wildman–Crippen MR) is 55.0 cm³/mol. The Morgan fingerprint density at radius 1 is 1.50 bits per heavy atom. The first-order chi connectivity index (χ1) is 6.57. The maximum atomic E-state index is 11.1. The highest BCUT2D eigenvalue weighted by Gasteiger charge is 2.07. The molecule has 0 bridgehead atoms. The van der Waals surface area contributed by atoms with Crippen molar-refractivity contribution >= 4 is 11.9 Å². The number of carbonyl (C=O) groups excluding carboxylic acids is 1. The number of likely N-dealkylation sites (N-methyl/N-ethyl adjacent to an activating group) is 1. The lowest BCUT2D eigenvalue weighted by Gasteiger charge is -2.15. The Bertz CT molecular complexity index is 194. The zero-order valence-corrected chi connectivity index (χ0v) is 8.88. The molecule has 0 aliphatic carbocycles.